The van der Waals surface area contributed by atoms with Crippen LogP contribution in [-0.2, 0) is 4.74 Å². The second kappa shape index (κ2) is 6.77. The Bertz CT molecular complexity index is 1100. The van der Waals surface area contributed by atoms with Crippen molar-refractivity contribution in [2.45, 2.75) is 20.0 Å². The average molecular weight is 347 g/mol. The van der Waals surface area contributed by atoms with E-state index in [1.165, 1.54) is 0 Å². The Balaban J connectivity index is 1.83. The number of fused-ring (bicyclic) bond motifs is 4. The molecule has 0 aliphatic rings. The normalized spacial score (nSPS) is 11.7. The van der Waals surface area contributed by atoms with Crippen molar-refractivity contribution < 1.29 is 9.53 Å². The van der Waals surface area contributed by atoms with Crippen LogP contribution in [0.3, 0.4) is 0 Å². The molecule has 2 N–H and O–H groups in total. The number of para-hydroxylation sites is 2. The summed E-state index contributed by atoms with van der Waals surface area (Å²) in [6.07, 6.45) is 0.147. The van der Waals surface area contributed by atoms with Gasteiger partial charge in [0.25, 0.3) is 5.91 Å². The lowest BCUT2D eigenvalue weighted by molar-refractivity contribution is 0.0748. The molecule has 0 bridgehead atoms. The van der Waals surface area contributed by atoms with Gasteiger partial charge >= 0.3 is 0 Å². The van der Waals surface area contributed by atoms with Crippen LogP contribution in [0.2, 0.25) is 0 Å². The highest BCUT2D eigenvalue weighted by molar-refractivity contribution is 6.20. The van der Waals surface area contributed by atoms with Crippen molar-refractivity contribution in [1.29, 1.82) is 0 Å². The van der Waals surface area contributed by atoms with Gasteiger partial charge in [-0.3, -0.25) is 4.79 Å². The number of pyridine rings is 1. The number of amides is 1. The van der Waals surface area contributed by atoms with Gasteiger partial charge < -0.3 is 15.0 Å². The predicted molar refractivity (Wildman–Crippen MR) is 105 cm³/mol. The maximum Gasteiger partial charge on any atom is 0.254 e. The average Bonchev–Trinajstić information content (AvgIpc) is 3.01. The molecule has 0 unspecified atom stereocenters. The van der Waals surface area contributed by atoms with E-state index in [0.29, 0.717) is 18.7 Å². The number of aromatic amines is 1. The first-order valence-corrected chi connectivity index (χ1v) is 8.84. The van der Waals surface area contributed by atoms with Gasteiger partial charge in [-0.05, 0) is 26.0 Å². The lowest BCUT2D eigenvalue weighted by Crippen LogP contribution is -2.28. The zero-order valence-corrected chi connectivity index (χ0v) is 14.9. The van der Waals surface area contributed by atoms with E-state index >= 15 is 0 Å². The Kier molecular flexibility index (Phi) is 4.31. The first-order valence-electron chi connectivity index (χ1n) is 8.84. The number of carbonyl (C=O) groups is 1. The van der Waals surface area contributed by atoms with E-state index in [1.807, 2.05) is 62.4 Å². The number of rotatable bonds is 5. The largest absolute Gasteiger partial charge is 0.377 e. The van der Waals surface area contributed by atoms with E-state index in [2.05, 4.69) is 10.3 Å². The number of hydrogen-bond donors (Lipinski definition) is 2. The van der Waals surface area contributed by atoms with Crippen LogP contribution in [0.4, 0.5) is 0 Å². The molecule has 0 atom stereocenters. The van der Waals surface area contributed by atoms with Crippen LogP contribution >= 0.6 is 0 Å². The summed E-state index contributed by atoms with van der Waals surface area (Å²) in [7, 11) is 0. The van der Waals surface area contributed by atoms with Crippen molar-refractivity contribution in [3.8, 4) is 0 Å². The van der Waals surface area contributed by atoms with Gasteiger partial charge in [0.15, 0.2) is 0 Å². The van der Waals surface area contributed by atoms with Gasteiger partial charge in [-0.25, -0.2) is 4.98 Å². The van der Waals surface area contributed by atoms with E-state index in [9.17, 15) is 4.79 Å². The Labute approximate surface area is 151 Å². The molecule has 0 saturated heterocycles. The monoisotopic (exact) mass is 347 g/mol. The lowest BCUT2D eigenvalue weighted by Gasteiger charge is -2.11. The Morgan fingerprint density at radius 2 is 1.85 bits per heavy atom. The van der Waals surface area contributed by atoms with Crippen molar-refractivity contribution >= 4 is 38.7 Å². The minimum absolute atomic E-state index is 0.118. The number of H-pyrrole nitrogens is 1. The Morgan fingerprint density at radius 1 is 1.12 bits per heavy atom. The molecule has 132 valence electrons. The van der Waals surface area contributed by atoms with Crippen LogP contribution in [0, 0.1) is 0 Å². The number of aromatic nitrogens is 2. The van der Waals surface area contributed by atoms with E-state index in [4.69, 9.17) is 9.72 Å². The fourth-order valence-corrected chi connectivity index (χ4v) is 3.25. The van der Waals surface area contributed by atoms with Gasteiger partial charge in [0.2, 0.25) is 0 Å². The molecule has 2 aromatic heterocycles. The zero-order chi connectivity index (χ0) is 18.1. The van der Waals surface area contributed by atoms with Crippen LogP contribution in [-0.4, -0.2) is 35.1 Å². The highest BCUT2D eigenvalue weighted by atomic mass is 16.5. The summed E-state index contributed by atoms with van der Waals surface area (Å²) < 4.78 is 5.52. The molecule has 5 nitrogen and oxygen atoms in total. The van der Waals surface area contributed by atoms with Crippen LogP contribution in [0.15, 0.2) is 48.5 Å². The molecule has 0 saturated carbocycles. The third-order valence-electron chi connectivity index (χ3n) is 4.40. The molecule has 2 heterocycles. The maximum absolute atomic E-state index is 13.0. The molecule has 4 aromatic rings. The first kappa shape index (κ1) is 16.5. The van der Waals surface area contributed by atoms with Crippen molar-refractivity contribution in [2.75, 3.05) is 13.2 Å². The van der Waals surface area contributed by atoms with Gasteiger partial charge in [-0.15, -0.1) is 0 Å². The second-order valence-corrected chi connectivity index (χ2v) is 6.57. The van der Waals surface area contributed by atoms with Gasteiger partial charge in [-0.2, -0.15) is 0 Å². The topological polar surface area (TPSA) is 67.0 Å². The third-order valence-corrected chi connectivity index (χ3v) is 4.40. The third kappa shape index (κ3) is 2.91. The quantitative estimate of drug-likeness (QED) is 0.536. The lowest BCUT2D eigenvalue weighted by atomic mass is 10.1. The summed E-state index contributed by atoms with van der Waals surface area (Å²) >= 11 is 0. The molecular weight excluding hydrogens is 326 g/mol. The molecule has 5 heteroatoms. The van der Waals surface area contributed by atoms with Crippen molar-refractivity contribution in [1.82, 2.24) is 15.3 Å². The molecular formula is C21H21N3O2. The number of carbonyl (C=O) groups excluding carboxylic acids is 1. The molecule has 0 aliphatic carbocycles. The standard InChI is InChI=1S/C21H21N3O2/c1-13(2)26-12-11-22-21(25)18-14-7-3-5-9-16(14)23-19-15-8-4-6-10-17(15)24-20(18)19/h3-10,13,24H,11-12H2,1-2H3,(H,22,25). The van der Waals surface area contributed by atoms with E-state index in [0.717, 1.165) is 32.8 Å². The van der Waals surface area contributed by atoms with Crippen molar-refractivity contribution in [3.05, 3.63) is 54.1 Å². The molecule has 0 fully saturated rings. The maximum atomic E-state index is 13.0. The van der Waals surface area contributed by atoms with Crippen molar-refractivity contribution in [3.63, 3.8) is 0 Å². The van der Waals surface area contributed by atoms with E-state index in [1.54, 1.807) is 0 Å². The second-order valence-electron chi connectivity index (χ2n) is 6.57. The van der Waals surface area contributed by atoms with Crippen molar-refractivity contribution in [2.24, 2.45) is 0 Å². The number of nitrogens with zero attached hydrogens (tertiary/aromatic N) is 1. The molecule has 0 aliphatic heterocycles. The van der Waals surface area contributed by atoms with E-state index in [-0.39, 0.29) is 12.0 Å². The minimum atomic E-state index is -0.118. The van der Waals surface area contributed by atoms with Crippen LogP contribution in [0.5, 0.6) is 0 Å². The van der Waals surface area contributed by atoms with E-state index < -0.39 is 0 Å². The molecule has 2 aromatic carbocycles. The summed E-state index contributed by atoms with van der Waals surface area (Å²) in [6, 6.07) is 15.7. The Hall–Kier alpha value is -2.92. The SMILES string of the molecule is CC(C)OCCNC(=O)c1c2ccccc2nc2c1[nH]c1ccccc12. The Morgan fingerprint density at radius 3 is 2.65 bits per heavy atom. The summed E-state index contributed by atoms with van der Waals surface area (Å²) in [4.78, 5) is 21.1. The first-order chi connectivity index (χ1) is 12.6. The molecule has 0 radical (unpaired) electrons. The van der Waals surface area contributed by atoms with Crippen LogP contribution < -0.4 is 5.32 Å². The summed E-state index contributed by atoms with van der Waals surface area (Å²) in [5.74, 6) is -0.118. The number of nitrogens with one attached hydrogen (secondary N) is 2. The van der Waals surface area contributed by atoms with Crippen LogP contribution in [0.25, 0.3) is 32.8 Å². The number of benzene rings is 2. The fourth-order valence-electron chi connectivity index (χ4n) is 3.25. The molecule has 1 amide bonds. The smallest absolute Gasteiger partial charge is 0.254 e. The fraction of sp³-hybridized carbons (Fsp3) is 0.238. The summed E-state index contributed by atoms with van der Waals surface area (Å²) in [5.41, 5.74) is 4.01. The van der Waals surface area contributed by atoms with Gasteiger partial charge in [0, 0.05) is 22.8 Å². The summed E-state index contributed by atoms with van der Waals surface area (Å²) in [6.45, 7) is 4.91. The van der Waals surface area contributed by atoms with Gasteiger partial charge in [-0.1, -0.05) is 36.4 Å². The highest BCUT2D eigenvalue weighted by Gasteiger charge is 2.19. The van der Waals surface area contributed by atoms with Crippen LogP contribution in [0.1, 0.15) is 24.2 Å². The molecule has 4 rings (SSSR count). The molecule has 0 spiro atoms. The van der Waals surface area contributed by atoms with Gasteiger partial charge in [0.05, 0.1) is 34.8 Å². The number of hydrogen-bond acceptors (Lipinski definition) is 3. The number of ether oxygens (including phenoxy) is 1. The predicted octanol–water partition coefficient (Wildman–Crippen LogP) is 4.02. The highest BCUT2D eigenvalue weighted by Crippen LogP contribution is 2.30. The minimum Gasteiger partial charge on any atom is -0.377 e. The molecule has 26 heavy (non-hydrogen) atoms. The van der Waals surface area contributed by atoms with Gasteiger partial charge in [0.1, 0.15) is 0 Å². The summed E-state index contributed by atoms with van der Waals surface area (Å²) in [5, 5.41) is 4.83. The zero-order valence-electron chi connectivity index (χ0n) is 14.9.